The largest absolute Gasteiger partial charge is 0.522 e. The van der Waals surface area contributed by atoms with Crippen molar-refractivity contribution in [3.8, 4) is 0 Å². The summed E-state index contributed by atoms with van der Waals surface area (Å²) in [6.07, 6.45) is 0.325. The summed E-state index contributed by atoms with van der Waals surface area (Å²) in [4.78, 5) is 21.3. The molecule has 0 unspecified atom stereocenters. The van der Waals surface area contributed by atoms with E-state index in [2.05, 4.69) is 5.32 Å². The summed E-state index contributed by atoms with van der Waals surface area (Å²) in [5.41, 5.74) is -6.01. The highest BCUT2D eigenvalue weighted by atomic mass is 32.2. The average Bonchev–Trinajstić information content (AvgIpc) is 2.20. The number of rotatable bonds is 0. The molecule has 0 aliphatic carbocycles. The van der Waals surface area contributed by atoms with Crippen LogP contribution in [0.15, 0.2) is 0 Å². The van der Waals surface area contributed by atoms with Gasteiger partial charge in [-0.2, -0.15) is 21.6 Å². The molecule has 1 heterocycles. The highest BCUT2D eigenvalue weighted by Crippen LogP contribution is 2.24. The Kier molecular flexibility index (Phi) is 4.29. The number of nitrogens with one attached hydrogen (secondary N) is 1. The molecule has 0 saturated carbocycles. The Morgan fingerprint density at radius 2 is 1.65 bits per heavy atom. The van der Waals surface area contributed by atoms with E-state index in [9.17, 15) is 22.8 Å². The van der Waals surface area contributed by atoms with Gasteiger partial charge < -0.3 is 0 Å². The van der Waals surface area contributed by atoms with Crippen LogP contribution >= 0.6 is 0 Å². The molecule has 6 nitrogen and oxygen atoms in total. The average molecular weight is 277 g/mol. The first-order valence-corrected chi connectivity index (χ1v) is 5.59. The van der Waals surface area contributed by atoms with Crippen molar-refractivity contribution in [2.24, 2.45) is 5.41 Å². The highest BCUT2D eigenvalue weighted by Gasteiger charge is 2.44. The van der Waals surface area contributed by atoms with Gasteiger partial charge in [0.25, 0.3) is 0 Å². The standard InChI is InChI=1S/C6H9NO2.CHF3O3S/c1-6(2)3-4(8)7-5(6)9;2-1(3,4)8(5,6)7/h3H2,1-2H3,(H,7,8,9);(H,5,6,7). The molecule has 0 aromatic rings. The van der Waals surface area contributed by atoms with E-state index >= 15 is 0 Å². The van der Waals surface area contributed by atoms with E-state index in [4.69, 9.17) is 13.0 Å². The lowest BCUT2D eigenvalue weighted by Crippen LogP contribution is -2.26. The molecule has 2 N–H and O–H groups in total. The number of hydrogen-bond donors (Lipinski definition) is 2. The number of amides is 2. The van der Waals surface area contributed by atoms with Crippen molar-refractivity contribution in [1.82, 2.24) is 5.32 Å². The molecule has 2 amide bonds. The Hall–Kier alpha value is -1.16. The van der Waals surface area contributed by atoms with Crippen molar-refractivity contribution in [1.29, 1.82) is 0 Å². The summed E-state index contributed by atoms with van der Waals surface area (Å²) in [7, 11) is -5.84. The molecule has 100 valence electrons. The number of alkyl halides is 3. The Morgan fingerprint density at radius 1 is 1.29 bits per heavy atom. The van der Waals surface area contributed by atoms with Crippen molar-refractivity contribution in [3.05, 3.63) is 0 Å². The topological polar surface area (TPSA) is 101 Å². The van der Waals surface area contributed by atoms with Crippen molar-refractivity contribution in [3.63, 3.8) is 0 Å². The molecule has 17 heavy (non-hydrogen) atoms. The summed E-state index contributed by atoms with van der Waals surface area (Å²) in [5, 5.41) is 2.23. The fourth-order valence-electron chi connectivity index (χ4n) is 0.822. The number of hydrogen-bond acceptors (Lipinski definition) is 4. The summed E-state index contributed by atoms with van der Waals surface area (Å²) < 4.78 is 57.5. The Bertz CT molecular complexity index is 425. The maximum atomic E-state index is 10.8. The van der Waals surface area contributed by atoms with E-state index < -0.39 is 21.0 Å². The Labute approximate surface area is 94.9 Å². The minimum absolute atomic E-state index is 0.160. The normalized spacial score (nSPS) is 19.4. The maximum Gasteiger partial charge on any atom is 0.522 e. The molecular weight excluding hydrogens is 267 g/mol. The predicted octanol–water partition coefficient (Wildman–Crippen LogP) is 0.453. The molecule has 1 fully saturated rings. The van der Waals surface area contributed by atoms with Crippen LogP contribution in [0.2, 0.25) is 0 Å². The lowest BCUT2D eigenvalue weighted by Gasteiger charge is -2.08. The lowest BCUT2D eigenvalue weighted by molar-refractivity contribution is -0.127. The van der Waals surface area contributed by atoms with Gasteiger partial charge in [-0.05, 0) is 0 Å². The van der Waals surface area contributed by atoms with Gasteiger partial charge in [-0.25, -0.2) is 0 Å². The van der Waals surface area contributed by atoms with Crippen molar-refractivity contribution in [2.75, 3.05) is 0 Å². The molecule has 1 aliphatic rings. The zero-order valence-electron chi connectivity index (χ0n) is 8.83. The third-order valence-electron chi connectivity index (χ3n) is 1.76. The second-order valence-electron chi connectivity index (χ2n) is 3.86. The first-order chi connectivity index (χ1) is 7.27. The molecule has 1 saturated heterocycles. The highest BCUT2D eigenvalue weighted by molar-refractivity contribution is 7.86. The molecule has 0 aromatic heterocycles. The predicted molar refractivity (Wildman–Crippen MR) is 49.2 cm³/mol. The Balaban J connectivity index is 0.000000304. The van der Waals surface area contributed by atoms with Gasteiger partial charge >= 0.3 is 15.6 Å². The van der Waals surface area contributed by atoms with Gasteiger partial charge in [0.1, 0.15) is 0 Å². The summed E-state index contributed by atoms with van der Waals surface area (Å²) >= 11 is 0. The van der Waals surface area contributed by atoms with Gasteiger partial charge in [0, 0.05) is 6.42 Å². The quantitative estimate of drug-likeness (QED) is 0.380. The molecule has 0 bridgehead atoms. The maximum absolute atomic E-state index is 10.8. The third-order valence-corrected chi connectivity index (χ3v) is 2.35. The number of carbonyl (C=O) groups is 2. The minimum atomic E-state index is -5.84. The van der Waals surface area contributed by atoms with Gasteiger partial charge in [0.05, 0.1) is 5.41 Å². The third kappa shape index (κ3) is 4.69. The number of imide groups is 1. The molecule has 10 heteroatoms. The van der Waals surface area contributed by atoms with Crippen molar-refractivity contribution < 1.29 is 35.7 Å². The van der Waals surface area contributed by atoms with Crippen LogP contribution < -0.4 is 5.32 Å². The van der Waals surface area contributed by atoms with Crippen LogP contribution in [-0.2, 0) is 19.7 Å². The van der Waals surface area contributed by atoms with Gasteiger partial charge in [0.15, 0.2) is 0 Å². The minimum Gasteiger partial charge on any atom is -0.296 e. The van der Waals surface area contributed by atoms with Crippen LogP contribution in [0.4, 0.5) is 13.2 Å². The van der Waals surface area contributed by atoms with Crippen molar-refractivity contribution in [2.45, 2.75) is 25.8 Å². The summed E-state index contributed by atoms with van der Waals surface area (Å²) in [6.45, 7) is 3.51. The van der Waals surface area contributed by atoms with E-state index in [0.717, 1.165) is 0 Å². The SMILES string of the molecule is CC1(C)CC(=O)NC1=O.O=S(=O)(O)C(F)(F)F. The zero-order valence-corrected chi connectivity index (χ0v) is 9.65. The lowest BCUT2D eigenvalue weighted by atomic mass is 9.92. The molecule has 1 rings (SSSR count). The molecule has 0 aromatic carbocycles. The van der Waals surface area contributed by atoms with Crippen LogP contribution in [0, 0.1) is 5.41 Å². The van der Waals surface area contributed by atoms with Gasteiger partial charge in [-0.15, -0.1) is 0 Å². The molecular formula is C7H10F3NO5S. The molecule has 1 aliphatic heterocycles. The number of halogens is 3. The van der Waals surface area contributed by atoms with Crippen LogP contribution in [0.3, 0.4) is 0 Å². The van der Waals surface area contributed by atoms with Crippen LogP contribution in [0.25, 0.3) is 0 Å². The van der Waals surface area contributed by atoms with E-state index in [1.165, 1.54) is 0 Å². The van der Waals surface area contributed by atoms with E-state index in [1.54, 1.807) is 13.8 Å². The van der Waals surface area contributed by atoms with E-state index in [1.807, 2.05) is 0 Å². The monoisotopic (exact) mass is 277 g/mol. The zero-order chi connectivity index (χ0) is 14.1. The second kappa shape index (κ2) is 4.61. The molecule has 0 spiro atoms. The molecule has 0 radical (unpaired) electrons. The summed E-state index contributed by atoms with van der Waals surface area (Å²) in [5.74, 6) is -0.322. The van der Waals surface area contributed by atoms with E-state index in [0.29, 0.717) is 6.42 Å². The van der Waals surface area contributed by atoms with Gasteiger partial charge in [-0.1, -0.05) is 13.8 Å². The van der Waals surface area contributed by atoms with Crippen LogP contribution in [0.1, 0.15) is 20.3 Å². The van der Waals surface area contributed by atoms with E-state index in [-0.39, 0.29) is 11.8 Å². The smallest absolute Gasteiger partial charge is 0.296 e. The first-order valence-electron chi connectivity index (χ1n) is 4.15. The fraction of sp³-hybridized carbons (Fsp3) is 0.714. The fourth-order valence-corrected chi connectivity index (χ4v) is 0.822. The first kappa shape index (κ1) is 15.8. The second-order valence-corrected chi connectivity index (χ2v) is 5.27. The molecule has 0 atom stereocenters. The Morgan fingerprint density at radius 3 is 1.71 bits per heavy atom. The van der Waals surface area contributed by atoms with Crippen LogP contribution in [-0.4, -0.2) is 30.3 Å². The van der Waals surface area contributed by atoms with Gasteiger partial charge in [0.2, 0.25) is 11.8 Å². The van der Waals surface area contributed by atoms with Crippen LogP contribution in [0.5, 0.6) is 0 Å². The summed E-state index contributed by atoms with van der Waals surface area (Å²) in [6, 6.07) is 0. The van der Waals surface area contributed by atoms with Gasteiger partial charge in [-0.3, -0.25) is 19.5 Å². The van der Waals surface area contributed by atoms with Crippen molar-refractivity contribution >= 4 is 21.9 Å². The number of carbonyl (C=O) groups excluding carboxylic acids is 2.